The zero-order valence-electron chi connectivity index (χ0n) is 12.3. The summed E-state index contributed by atoms with van der Waals surface area (Å²) in [6.45, 7) is -0.319. The molecule has 0 radical (unpaired) electrons. The Balaban J connectivity index is 1.94. The predicted octanol–water partition coefficient (Wildman–Crippen LogP) is 2.54. The van der Waals surface area contributed by atoms with Gasteiger partial charge in [-0.15, -0.1) is 0 Å². The molecule has 0 bridgehead atoms. The number of sulfonamides is 1. The van der Waals surface area contributed by atoms with Gasteiger partial charge in [-0.25, -0.2) is 13.1 Å². The van der Waals surface area contributed by atoms with Crippen LogP contribution in [0.15, 0.2) is 59.5 Å². The Morgan fingerprint density at radius 1 is 1.00 bits per heavy atom. The lowest BCUT2D eigenvalue weighted by Crippen LogP contribution is -2.32. The molecule has 0 aliphatic rings. The minimum atomic E-state index is -3.70. The van der Waals surface area contributed by atoms with E-state index in [-0.39, 0.29) is 11.4 Å². The van der Waals surface area contributed by atoms with Crippen LogP contribution in [0.2, 0.25) is 0 Å². The lowest BCUT2D eigenvalue weighted by Gasteiger charge is -2.08. The first-order valence-electron chi connectivity index (χ1n) is 7.01. The van der Waals surface area contributed by atoms with Crippen LogP contribution in [-0.2, 0) is 21.2 Å². The number of rotatable bonds is 7. The smallest absolute Gasteiger partial charge is 0.241 e. The van der Waals surface area contributed by atoms with Gasteiger partial charge in [0.1, 0.15) is 0 Å². The second kappa shape index (κ2) is 8.24. The van der Waals surface area contributed by atoms with Gasteiger partial charge in [-0.1, -0.05) is 46.3 Å². The average Bonchev–Trinajstić information content (AvgIpc) is 2.55. The second-order valence-electron chi connectivity index (χ2n) is 4.82. The number of benzene rings is 2. The first-order valence-corrected chi connectivity index (χ1v) is 9.61. The molecule has 1 amide bonds. The third-order valence-electron chi connectivity index (χ3n) is 3.10. The largest absolute Gasteiger partial charge is 0.325 e. The van der Waals surface area contributed by atoms with Crippen molar-refractivity contribution in [3.05, 3.63) is 60.2 Å². The Bertz CT molecular complexity index is 747. The zero-order chi connectivity index (χ0) is 16.7. The molecule has 0 aliphatic carbocycles. The highest BCUT2D eigenvalue weighted by Gasteiger charge is 2.15. The van der Waals surface area contributed by atoms with Crippen molar-refractivity contribution in [3.63, 3.8) is 0 Å². The molecule has 0 saturated carbocycles. The average molecular weight is 397 g/mol. The molecule has 0 aromatic heterocycles. The van der Waals surface area contributed by atoms with Crippen LogP contribution in [0.5, 0.6) is 0 Å². The Hall–Kier alpha value is -1.70. The van der Waals surface area contributed by atoms with Gasteiger partial charge in [0, 0.05) is 11.0 Å². The maximum absolute atomic E-state index is 12.2. The summed E-state index contributed by atoms with van der Waals surface area (Å²) in [7, 11) is -3.70. The van der Waals surface area contributed by atoms with Gasteiger partial charge < -0.3 is 5.32 Å². The summed E-state index contributed by atoms with van der Waals surface area (Å²) in [6.07, 6.45) is 0.827. The summed E-state index contributed by atoms with van der Waals surface area (Å²) < 4.78 is 26.6. The van der Waals surface area contributed by atoms with E-state index < -0.39 is 15.9 Å². The van der Waals surface area contributed by atoms with E-state index in [0.29, 0.717) is 5.69 Å². The summed E-state index contributed by atoms with van der Waals surface area (Å²) in [5.41, 5.74) is 1.67. The lowest BCUT2D eigenvalue weighted by atomic mass is 10.2. The summed E-state index contributed by atoms with van der Waals surface area (Å²) in [5.74, 6) is -0.421. The number of anilines is 1. The minimum absolute atomic E-state index is 0.142. The minimum Gasteiger partial charge on any atom is -0.325 e. The van der Waals surface area contributed by atoms with Crippen molar-refractivity contribution in [3.8, 4) is 0 Å². The zero-order valence-corrected chi connectivity index (χ0v) is 14.7. The van der Waals surface area contributed by atoms with Crippen molar-refractivity contribution in [1.82, 2.24) is 4.72 Å². The Labute approximate surface area is 144 Å². The van der Waals surface area contributed by atoms with Crippen molar-refractivity contribution in [2.24, 2.45) is 0 Å². The number of alkyl halides is 1. The summed E-state index contributed by atoms with van der Waals surface area (Å²) in [5, 5.41) is 3.44. The van der Waals surface area contributed by atoms with Crippen LogP contribution in [0.1, 0.15) is 5.56 Å². The molecular weight excluding hydrogens is 380 g/mol. The first-order chi connectivity index (χ1) is 11.0. The highest BCUT2D eigenvalue weighted by Crippen LogP contribution is 2.11. The van der Waals surface area contributed by atoms with Gasteiger partial charge in [0.2, 0.25) is 15.9 Å². The topological polar surface area (TPSA) is 75.3 Å². The van der Waals surface area contributed by atoms with Crippen molar-refractivity contribution >= 4 is 37.5 Å². The molecule has 7 heteroatoms. The van der Waals surface area contributed by atoms with Crippen LogP contribution in [-0.4, -0.2) is 26.2 Å². The fourth-order valence-electron chi connectivity index (χ4n) is 1.91. The number of halogens is 1. The van der Waals surface area contributed by atoms with E-state index in [9.17, 15) is 13.2 Å². The molecule has 5 nitrogen and oxygen atoms in total. The van der Waals surface area contributed by atoms with E-state index in [1.54, 1.807) is 36.4 Å². The van der Waals surface area contributed by atoms with Crippen LogP contribution in [0, 0.1) is 0 Å². The third-order valence-corrected chi connectivity index (χ3v) is 4.91. The highest BCUT2D eigenvalue weighted by atomic mass is 79.9. The summed E-state index contributed by atoms with van der Waals surface area (Å²) >= 11 is 3.34. The van der Waals surface area contributed by atoms with Crippen molar-refractivity contribution in [2.45, 2.75) is 11.3 Å². The van der Waals surface area contributed by atoms with E-state index in [4.69, 9.17) is 0 Å². The van der Waals surface area contributed by atoms with Gasteiger partial charge in [-0.05, 0) is 36.2 Å². The monoisotopic (exact) mass is 396 g/mol. The van der Waals surface area contributed by atoms with Crippen LogP contribution < -0.4 is 10.0 Å². The van der Waals surface area contributed by atoms with Crippen molar-refractivity contribution in [1.29, 1.82) is 0 Å². The van der Waals surface area contributed by atoms with E-state index >= 15 is 0 Å². The maximum Gasteiger partial charge on any atom is 0.241 e. The molecule has 0 unspecified atom stereocenters. The molecule has 122 valence electrons. The first kappa shape index (κ1) is 17.7. The van der Waals surface area contributed by atoms with Gasteiger partial charge in [-0.3, -0.25) is 4.79 Å². The molecule has 2 rings (SSSR count). The normalized spacial score (nSPS) is 11.2. The summed E-state index contributed by atoms with van der Waals surface area (Å²) in [4.78, 5) is 11.9. The molecule has 23 heavy (non-hydrogen) atoms. The van der Waals surface area contributed by atoms with Crippen LogP contribution >= 0.6 is 15.9 Å². The number of hydrogen-bond acceptors (Lipinski definition) is 3. The molecule has 0 spiro atoms. The predicted molar refractivity (Wildman–Crippen MR) is 94.2 cm³/mol. The van der Waals surface area contributed by atoms with E-state index in [0.717, 1.165) is 17.3 Å². The SMILES string of the molecule is O=C(CNS(=O)(=O)c1ccc(CCBr)cc1)Nc1ccccc1. The van der Waals surface area contributed by atoms with Crippen molar-refractivity contribution < 1.29 is 13.2 Å². The van der Waals surface area contributed by atoms with Gasteiger partial charge in [0.25, 0.3) is 0 Å². The lowest BCUT2D eigenvalue weighted by molar-refractivity contribution is -0.115. The Morgan fingerprint density at radius 2 is 1.65 bits per heavy atom. The molecule has 0 aliphatic heterocycles. The highest BCUT2D eigenvalue weighted by molar-refractivity contribution is 9.09. The van der Waals surface area contributed by atoms with Crippen LogP contribution in [0.4, 0.5) is 5.69 Å². The van der Waals surface area contributed by atoms with Gasteiger partial charge in [0.15, 0.2) is 0 Å². The van der Waals surface area contributed by atoms with Gasteiger partial charge in [0.05, 0.1) is 11.4 Å². The van der Waals surface area contributed by atoms with Crippen LogP contribution in [0.3, 0.4) is 0 Å². The maximum atomic E-state index is 12.2. The quantitative estimate of drug-likeness (QED) is 0.706. The molecule has 2 aromatic rings. The van der Waals surface area contributed by atoms with E-state index in [2.05, 4.69) is 26.0 Å². The number of nitrogens with one attached hydrogen (secondary N) is 2. The number of aryl methyl sites for hydroxylation is 1. The van der Waals surface area contributed by atoms with Gasteiger partial charge >= 0.3 is 0 Å². The number of amides is 1. The third kappa shape index (κ3) is 5.46. The number of hydrogen-bond donors (Lipinski definition) is 2. The Morgan fingerprint density at radius 3 is 2.26 bits per heavy atom. The number of carbonyl (C=O) groups excluding carboxylic acids is 1. The standard InChI is InChI=1S/C16H17BrN2O3S/c17-11-10-13-6-8-15(9-7-13)23(21,22)18-12-16(20)19-14-4-2-1-3-5-14/h1-9,18H,10-12H2,(H,19,20). The van der Waals surface area contributed by atoms with Gasteiger partial charge in [-0.2, -0.15) is 0 Å². The fraction of sp³-hybridized carbons (Fsp3) is 0.188. The van der Waals surface area contributed by atoms with Crippen molar-refractivity contribution in [2.75, 3.05) is 17.2 Å². The van der Waals surface area contributed by atoms with E-state index in [1.807, 2.05) is 6.07 Å². The molecule has 0 saturated heterocycles. The number of para-hydroxylation sites is 1. The molecule has 2 N–H and O–H groups in total. The molecule has 0 fully saturated rings. The second-order valence-corrected chi connectivity index (χ2v) is 7.38. The summed E-state index contributed by atoms with van der Waals surface area (Å²) in [6, 6.07) is 15.5. The Kier molecular flexibility index (Phi) is 6.32. The molecule has 0 atom stereocenters. The molecule has 0 heterocycles. The van der Waals surface area contributed by atoms with E-state index in [1.165, 1.54) is 12.1 Å². The van der Waals surface area contributed by atoms with Crippen LogP contribution in [0.25, 0.3) is 0 Å². The molecular formula is C16H17BrN2O3S. The molecule has 2 aromatic carbocycles. The number of carbonyl (C=O) groups is 1. The fourth-order valence-corrected chi connectivity index (χ4v) is 3.35.